The monoisotopic (exact) mass is 423 g/mol. The van der Waals surface area contributed by atoms with E-state index in [4.69, 9.17) is 4.74 Å². The van der Waals surface area contributed by atoms with Crippen LogP contribution in [0.15, 0.2) is 83.0 Å². The quantitative estimate of drug-likeness (QED) is 0.582. The number of nitrogens with zero attached hydrogens (tertiary/aromatic N) is 3. The lowest BCUT2D eigenvalue weighted by Gasteiger charge is -2.33. The van der Waals surface area contributed by atoms with E-state index in [-0.39, 0.29) is 11.4 Å². The Morgan fingerprint density at radius 2 is 1.77 bits per heavy atom. The largest absolute Gasteiger partial charge is 0.439 e. The van der Waals surface area contributed by atoms with Crippen LogP contribution in [0.3, 0.4) is 0 Å². The summed E-state index contributed by atoms with van der Waals surface area (Å²) in [7, 11) is -4.06. The minimum absolute atomic E-state index is 0.0149. The molecule has 3 aromatic rings. The van der Waals surface area contributed by atoms with Gasteiger partial charge in [0.25, 0.3) is 0 Å². The number of benzene rings is 2. The summed E-state index contributed by atoms with van der Waals surface area (Å²) in [5, 5.41) is 2.51. The molecule has 30 heavy (non-hydrogen) atoms. The van der Waals surface area contributed by atoms with Crippen molar-refractivity contribution in [1.29, 1.82) is 0 Å². The molecule has 1 atom stereocenters. The molecule has 1 aliphatic rings. The Labute approximate surface area is 173 Å². The van der Waals surface area contributed by atoms with Crippen molar-refractivity contribution >= 4 is 15.9 Å². The van der Waals surface area contributed by atoms with Gasteiger partial charge in [-0.15, -0.1) is 4.91 Å². The lowest BCUT2D eigenvalue weighted by Crippen LogP contribution is -2.43. The maximum absolute atomic E-state index is 13.3. The van der Waals surface area contributed by atoms with E-state index in [9.17, 15) is 18.1 Å². The van der Waals surface area contributed by atoms with Crippen molar-refractivity contribution in [2.75, 3.05) is 6.54 Å². The summed E-state index contributed by atoms with van der Waals surface area (Å²) >= 11 is 0. The van der Waals surface area contributed by atoms with Gasteiger partial charge in [-0.1, -0.05) is 30.3 Å². The molecule has 0 radical (unpaired) electrons. The minimum atomic E-state index is -4.06. The lowest BCUT2D eigenvalue weighted by atomic mass is 9.94. The molecule has 0 N–H and O–H groups in total. The molecule has 1 amide bonds. The molecular weight excluding hydrogens is 406 g/mol. The van der Waals surface area contributed by atoms with Crippen LogP contribution in [0.2, 0.25) is 0 Å². The van der Waals surface area contributed by atoms with E-state index >= 15 is 0 Å². The molecule has 1 unspecified atom stereocenters. The topological polar surface area (TPSA) is 106 Å². The van der Waals surface area contributed by atoms with Gasteiger partial charge >= 0.3 is 5.91 Å². The summed E-state index contributed by atoms with van der Waals surface area (Å²) in [6.07, 6.45) is 2.01. The summed E-state index contributed by atoms with van der Waals surface area (Å²) < 4.78 is 33.2. The number of fused-ring (bicyclic) bond motifs is 1. The fourth-order valence-corrected chi connectivity index (χ4v) is 5.02. The van der Waals surface area contributed by atoms with E-state index < -0.39 is 22.0 Å². The van der Waals surface area contributed by atoms with E-state index in [0.717, 1.165) is 9.87 Å². The Morgan fingerprint density at radius 1 is 1.03 bits per heavy atom. The predicted molar refractivity (Wildman–Crippen MR) is 108 cm³/mol. The molecule has 9 heteroatoms. The van der Waals surface area contributed by atoms with Gasteiger partial charge in [0.15, 0.2) is 0 Å². The van der Waals surface area contributed by atoms with Crippen molar-refractivity contribution in [3.8, 4) is 11.6 Å². The van der Waals surface area contributed by atoms with Gasteiger partial charge in [-0.25, -0.2) is 13.4 Å². The van der Waals surface area contributed by atoms with Gasteiger partial charge in [0.2, 0.25) is 15.9 Å². The van der Waals surface area contributed by atoms with Crippen LogP contribution in [0.1, 0.15) is 17.2 Å². The molecule has 0 bridgehead atoms. The molecule has 2 heterocycles. The van der Waals surface area contributed by atoms with Gasteiger partial charge in [-0.05, 0) is 47.9 Å². The van der Waals surface area contributed by atoms with Crippen LogP contribution in [-0.4, -0.2) is 30.2 Å². The zero-order chi connectivity index (χ0) is 21.1. The Kier molecular flexibility index (Phi) is 5.39. The van der Waals surface area contributed by atoms with E-state index in [2.05, 4.69) is 10.2 Å². The molecular formula is C21H17N3O5S. The zero-order valence-electron chi connectivity index (χ0n) is 15.7. The van der Waals surface area contributed by atoms with Crippen molar-refractivity contribution < 1.29 is 17.9 Å². The maximum Gasteiger partial charge on any atom is 0.308 e. The van der Waals surface area contributed by atoms with Gasteiger partial charge < -0.3 is 4.74 Å². The predicted octanol–water partition coefficient (Wildman–Crippen LogP) is 3.46. The summed E-state index contributed by atoms with van der Waals surface area (Å²) in [6.45, 7) is 0.0669. The maximum atomic E-state index is 13.3. The third kappa shape index (κ3) is 3.72. The van der Waals surface area contributed by atoms with Crippen LogP contribution < -0.4 is 4.74 Å². The van der Waals surface area contributed by atoms with Crippen molar-refractivity contribution in [3.05, 3.63) is 89.0 Å². The van der Waals surface area contributed by atoms with E-state index in [1.54, 1.807) is 42.6 Å². The highest BCUT2D eigenvalue weighted by Crippen LogP contribution is 2.35. The van der Waals surface area contributed by atoms with E-state index in [1.807, 2.05) is 6.07 Å². The Balaban J connectivity index is 1.65. The molecule has 0 fully saturated rings. The molecule has 1 aromatic heterocycles. The number of carbonyl (C=O) groups is 1. The van der Waals surface area contributed by atoms with E-state index in [1.165, 1.54) is 24.3 Å². The number of amides is 1. The molecule has 0 saturated carbocycles. The number of carbonyl (C=O) groups excluding carboxylic acids is 1. The molecule has 0 saturated heterocycles. The van der Waals surface area contributed by atoms with Crippen molar-refractivity contribution in [2.45, 2.75) is 17.4 Å². The molecule has 4 rings (SSSR count). The smallest absolute Gasteiger partial charge is 0.308 e. The summed E-state index contributed by atoms with van der Waals surface area (Å²) in [6, 6.07) is 16.7. The summed E-state index contributed by atoms with van der Waals surface area (Å²) in [5.41, 5.74) is 1.30. The number of ether oxygens (including phenoxy) is 1. The van der Waals surface area contributed by atoms with Crippen molar-refractivity contribution in [3.63, 3.8) is 0 Å². The highest BCUT2D eigenvalue weighted by Gasteiger charge is 2.41. The first-order valence-corrected chi connectivity index (χ1v) is 10.6. The average molecular weight is 423 g/mol. The normalized spacial score (nSPS) is 16.5. The Hall–Kier alpha value is -3.43. The number of nitroso groups, excluding NO2 is 1. The molecule has 0 spiro atoms. The number of hydrogen-bond acceptors (Lipinski definition) is 6. The van der Waals surface area contributed by atoms with Crippen LogP contribution >= 0.6 is 0 Å². The van der Waals surface area contributed by atoms with Crippen LogP contribution in [0.5, 0.6) is 11.6 Å². The van der Waals surface area contributed by atoms with Crippen LogP contribution in [-0.2, 0) is 21.2 Å². The first-order valence-electron chi connectivity index (χ1n) is 9.16. The fraction of sp³-hybridized carbons (Fsp3) is 0.143. The zero-order valence-corrected chi connectivity index (χ0v) is 16.5. The SMILES string of the molecule is O=NC(=O)C1c2ccccc2CCN1S(=O)(=O)c1ccc(Oc2ccccn2)cc1. The number of hydrogen-bond donors (Lipinski definition) is 0. The van der Waals surface area contributed by atoms with Gasteiger partial charge in [-0.2, -0.15) is 4.31 Å². The fourth-order valence-electron chi connectivity index (χ4n) is 3.45. The van der Waals surface area contributed by atoms with Crippen LogP contribution in [0.4, 0.5) is 0 Å². The van der Waals surface area contributed by atoms with Gasteiger partial charge in [0.1, 0.15) is 11.8 Å². The minimum Gasteiger partial charge on any atom is -0.439 e. The highest BCUT2D eigenvalue weighted by molar-refractivity contribution is 7.89. The Bertz CT molecular complexity index is 1180. The molecule has 152 valence electrons. The summed E-state index contributed by atoms with van der Waals surface area (Å²) in [4.78, 5) is 27.3. The molecule has 8 nitrogen and oxygen atoms in total. The van der Waals surface area contributed by atoms with Gasteiger partial charge in [0.05, 0.1) is 4.90 Å². The third-order valence-corrected chi connectivity index (χ3v) is 6.73. The second kappa shape index (κ2) is 8.13. The van der Waals surface area contributed by atoms with Gasteiger partial charge in [-0.3, -0.25) is 4.79 Å². The number of pyridine rings is 1. The van der Waals surface area contributed by atoms with E-state index in [0.29, 0.717) is 23.6 Å². The lowest BCUT2D eigenvalue weighted by molar-refractivity contribution is -0.122. The van der Waals surface area contributed by atoms with Crippen LogP contribution in [0.25, 0.3) is 0 Å². The molecule has 0 aliphatic carbocycles. The number of rotatable bonds is 5. The van der Waals surface area contributed by atoms with Gasteiger partial charge in [0, 0.05) is 24.0 Å². The van der Waals surface area contributed by atoms with Crippen LogP contribution in [0, 0.1) is 4.91 Å². The Morgan fingerprint density at radius 3 is 2.47 bits per heavy atom. The number of sulfonamides is 1. The first-order chi connectivity index (χ1) is 14.5. The second-order valence-electron chi connectivity index (χ2n) is 6.64. The highest BCUT2D eigenvalue weighted by atomic mass is 32.2. The standard InChI is InChI=1S/C21H17N3O5S/c25-21(23-26)20-18-6-2-1-5-15(18)12-14-24(20)30(27,28)17-10-8-16(9-11-17)29-19-7-3-4-13-22-19/h1-11,13,20H,12,14H2. The third-order valence-electron chi connectivity index (χ3n) is 4.85. The number of aromatic nitrogens is 1. The average Bonchev–Trinajstić information content (AvgIpc) is 2.79. The first kappa shape index (κ1) is 19.9. The second-order valence-corrected chi connectivity index (χ2v) is 8.53. The summed E-state index contributed by atoms with van der Waals surface area (Å²) in [5.74, 6) is -0.247. The molecule has 1 aliphatic heterocycles. The van der Waals surface area contributed by atoms with Crippen molar-refractivity contribution in [1.82, 2.24) is 9.29 Å². The molecule has 2 aromatic carbocycles. The van der Waals surface area contributed by atoms with Crippen molar-refractivity contribution in [2.24, 2.45) is 5.18 Å².